The van der Waals surface area contributed by atoms with Gasteiger partial charge in [-0.3, -0.25) is 4.79 Å². The Morgan fingerprint density at radius 1 is 1.00 bits per heavy atom. The van der Waals surface area contributed by atoms with Crippen molar-refractivity contribution in [1.82, 2.24) is 0 Å². The van der Waals surface area contributed by atoms with E-state index in [2.05, 4.69) is 0 Å². The predicted molar refractivity (Wildman–Crippen MR) is 65.7 cm³/mol. The molecule has 0 amide bonds. The zero-order valence-electron chi connectivity index (χ0n) is 9.83. The average Bonchev–Trinajstić information content (AvgIpc) is 2.29. The van der Waals surface area contributed by atoms with Gasteiger partial charge in [-0.05, 0) is 31.5 Å². The summed E-state index contributed by atoms with van der Waals surface area (Å²) in [7, 11) is 0. The molecule has 86 valence electrons. The van der Waals surface area contributed by atoms with Gasteiger partial charge in [0.15, 0.2) is 5.78 Å². The molecule has 2 aromatic rings. The fraction of sp³-hybridized carbons (Fsp3) is 0.133. The van der Waals surface area contributed by atoms with Gasteiger partial charge >= 0.3 is 0 Å². The van der Waals surface area contributed by atoms with E-state index < -0.39 is 5.82 Å². The molecular formula is C15H13FO. The summed E-state index contributed by atoms with van der Waals surface area (Å²) in [4.78, 5) is 12.2. The fourth-order valence-electron chi connectivity index (χ4n) is 1.86. The van der Waals surface area contributed by atoms with Gasteiger partial charge in [0, 0.05) is 5.56 Å². The van der Waals surface area contributed by atoms with E-state index in [0.29, 0.717) is 5.56 Å². The lowest BCUT2D eigenvalue weighted by Gasteiger charge is -2.06. The first-order valence-electron chi connectivity index (χ1n) is 5.46. The molecular weight excluding hydrogens is 215 g/mol. The molecule has 0 fully saturated rings. The van der Waals surface area contributed by atoms with Gasteiger partial charge in [-0.2, -0.15) is 0 Å². The van der Waals surface area contributed by atoms with E-state index in [1.54, 1.807) is 18.2 Å². The van der Waals surface area contributed by atoms with Crippen molar-refractivity contribution in [2.75, 3.05) is 0 Å². The minimum absolute atomic E-state index is 0.124. The Kier molecular flexibility index (Phi) is 3.05. The Bertz CT molecular complexity index is 573. The highest BCUT2D eigenvalue weighted by Crippen LogP contribution is 2.17. The number of carbonyl (C=O) groups excluding carboxylic acids is 1. The van der Waals surface area contributed by atoms with Crippen molar-refractivity contribution in [1.29, 1.82) is 0 Å². The molecule has 0 aliphatic carbocycles. The minimum Gasteiger partial charge on any atom is -0.288 e. The van der Waals surface area contributed by atoms with Crippen LogP contribution in [0.15, 0.2) is 42.5 Å². The zero-order chi connectivity index (χ0) is 12.4. The van der Waals surface area contributed by atoms with Crippen molar-refractivity contribution in [2.24, 2.45) is 0 Å². The van der Waals surface area contributed by atoms with Crippen molar-refractivity contribution in [2.45, 2.75) is 13.8 Å². The highest BCUT2D eigenvalue weighted by atomic mass is 19.1. The maximum absolute atomic E-state index is 13.5. The number of halogens is 1. The van der Waals surface area contributed by atoms with Crippen LogP contribution in [0.2, 0.25) is 0 Å². The van der Waals surface area contributed by atoms with Crippen molar-refractivity contribution in [3.05, 3.63) is 70.5 Å². The Hall–Kier alpha value is -1.96. The first-order chi connectivity index (χ1) is 8.09. The topological polar surface area (TPSA) is 17.1 Å². The molecule has 0 bridgehead atoms. The van der Waals surface area contributed by atoms with Crippen LogP contribution in [-0.4, -0.2) is 5.78 Å². The number of hydrogen-bond acceptors (Lipinski definition) is 1. The number of ketones is 1. The first kappa shape index (κ1) is 11.5. The quantitative estimate of drug-likeness (QED) is 0.717. The third-order valence-corrected chi connectivity index (χ3v) is 2.75. The van der Waals surface area contributed by atoms with Gasteiger partial charge in [-0.25, -0.2) is 4.39 Å². The van der Waals surface area contributed by atoms with Crippen LogP contribution in [0.4, 0.5) is 4.39 Å². The highest BCUT2D eigenvalue weighted by Gasteiger charge is 2.14. The molecule has 0 saturated heterocycles. The molecule has 2 rings (SSSR count). The molecule has 0 atom stereocenters. The van der Waals surface area contributed by atoms with Gasteiger partial charge in [-0.15, -0.1) is 0 Å². The third kappa shape index (κ3) is 2.26. The molecule has 1 nitrogen and oxygen atoms in total. The molecule has 0 radical (unpaired) electrons. The van der Waals surface area contributed by atoms with Crippen LogP contribution >= 0.6 is 0 Å². The summed E-state index contributed by atoms with van der Waals surface area (Å²) in [5.74, 6) is -0.738. The number of rotatable bonds is 2. The summed E-state index contributed by atoms with van der Waals surface area (Å²) in [6.45, 7) is 3.82. The van der Waals surface area contributed by atoms with Crippen LogP contribution in [0.25, 0.3) is 0 Å². The number of carbonyl (C=O) groups is 1. The molecule has 17 heavy (non-hydrogen) atoms. The summed E-state index contributed by atoms with van der Waals surface area (Å²) in [5, 5.41) is 0. The minimum atomic E-state index is -0.475. The second kappa shape index (κ2) is 4.50. The van der Waals surface area contributed by atoms with Gasteiger partial charge in [0.1, 0.15) is 5.82 Å². The molecule has 0 spiro atoms. The predicted octanol–water partition coefficient (Wildman–Crippen LogP) is 3.67. The number of benzene rings is 2. The van der Waals surface area contributed by atoms with Crippen LogP contribution < -0.4 is 0 Å². The van der Waals surface area contributed by atoms with Crippen molar-refractivity contribution in [3.63, 3.8) is 0 Å². The van der Waals surface area contributed by atoms with Gasteiger partial charge in [-0.1, -0.05) is 35.9 Å². The van der Waals surface area contributed by atoms with E-state index in [1.165, 1.54) is 12.1 Å². The smallest absolute Gasteiger partial charge is 0.196 e. The molecule has 2 aromatic carbocycles. The Morgan fingerprint density at radius 3 is 2.35 bits per heavy atom. The standard InChI is InChI=1S/C15H13FO/c1-10-7-8-12(11(2)9-10)15(17)13-5-3-4-6-14(13)16/h3-9H,1-2H3. The molecule has 0 aromatic heterocycles. The monoisotopic (exact) mass is 228 g/mol. The van der Waals surface area contributed by atoms with Gasteiger partial charge in [0.25, 0.3) is 0 Å². The maximum atomic E-state index is 13.5. The van der Waals surface area contributed by atoms with E-state index in [1.807, 2.05) is 26.0 Å². The molecule has 0 heterocycles. The molecule has 0 aliphatic heterocycles. The van der Waals surface area contributed by atoms with Crippen molar-refractivity contribution < 1.29 is 9.18 Å². The van der Waals surface area contributed by atoms with Gasteiger partial charge in [0.2, 0.25) is 0 Å². The third-order valence-electron chi connectivity index (χ3n) is 2.75. The second-order valence-electron chi connectivity index (χ2n) is 4.13. The van der Waals surface area contributed by atoms with Gasteiger partial charge < -0.3 is 0 Å². The van der Waals surface area contributed by atoms with E-state index in [4.69, 9.17) is 0 Å². The van der Waals surface area contributed by atoms with Crippen LogP contribution in [-0.2, 0) is 0 Å². The molecule has 0 aliphatic rings. The van der Waals surface area contributed by atoms with E-state index in [-0.39, 0.29) is 11.3 Å². The SMILES string of the molecule is Cc1ccc(C(=O)c2ccccc2F)c(C)c1. The number of aryl methyl sites for hydroxylation is 2. The molecule has 0 N–H and O–H groups in total. The van der Waals surface area contributed by atoms with Crippen molar-refractivity contribution >= 4 is 5.78 Å². The van der Waals surface area contributed by atoms with Crippen molar-refractivity contribution in [3.8, 4) is 0 Å². The van der Waals surface area contributed by atoms with Crippen LogP contribution in [0.3, 0.4) is 0 Å². The lowest BCUT2D eigenvalue weighted by Crippen LogP contribution is -2.06. The second-order valence-corrected chi connectivity index (χ2v) is 4.13. The van der Waals surface area contributed by atoms with E-state index in [0.717, 1.165) is 11.1 Å². The van der Waals surface area contributed by atoms with Crippen LogP contribution in [0.1, 0.15) is 27.0 Å². The van der Waals surface area contributed by atoms with E-state index in [9.17, 15) is 9.18 Å². The summed E-state index contributed by atoms with van der Waals surface area (Å²) >= 11 is 0. The largest absolute Gasteiger partial charge is 0.288 e. The lowest BCUT2D eigenvalue weighted by atomic mass is 9.97. The first-order valence-corrected chi connectivity index (χ1v) is 5.46. The Labute approximate surface area is 99.9 Å². The normalized spacial score (nSPS) is 10.3. The fourth-order valence-corrected chi connectivity index (χ4v) is 1.86. The lowest BCUT2D eigenvalue weighted by molar-refractivity contribution is 0.103. The summed E-state index contributed by atoms with van der Waals surface area (Å²) in [5.41, 5.74) is 2.64. The molecule has 0 unspecified atom stereocenters. The average molecular weight is 228 g/mol. The maximum Gasteiger partial charge on any atom is 0.196 e. The molecule has 0 saturated carbocycles. The Morgan fingerprint density at radius 2 is 1.71 bits per heavy atom. The zero-order valence-corrected chi connectivity index (χ0v) is 9.83. The van der Waals surface area contributed by atoms with Gasteiger partial charge in [0.05, 0.1) is 5.56 Å². The van der Waals surface area contributed by atoms with E-state index >= 15 is 0 Å². The summed E-state index contributed by atoms with van der Waals surface area (Å²) < 4.78 is 13.5. The summed E-state index contributed by atoms with van der Waals surface area (Å²) in [6.07, 6.45) is 0. The number of hydrogen-bond donors (Lipinski definition) is 0. The summed E-state index contributed by atoms with van der Waals surface area (Å²) in [6, 6.07) is 11.6. The highest BCUT2D eigenvalue weighted by molar-refractivity contribution is 6.10. The van der Waals surface area contributed by atoms with Crippen LogP contribution in [0.5, 0.6) is 0 Å². The van der Waals surface area contributed by atoms with Crippen LogP contribution in [0, 0.1) is 19.7 Å². The molecule has 2 heteroatoms. The Balaban J connectivity index is 2.48.